The first kappa shape index (κ1) is 20.5. The molecule has 164 valence electrons. The second-order valence-electron chi connectivity index (χ2n) is 9.28. The first-order valence-electron chi connectivity index (χ1n) is 11.7. The van der Waals surface area contributed by atoms with Gasteiger partial charge in [-0.2, -0.15) is 0 Å². The second-order valence-corrected chi connectivity index (χ2v) is 9.28. The Morgan fingerprint density at radius 2 is 2.06 bits per heavy atom. The maximum absolute atomic E-state index is 13.6. The monoisotopic (exact) mass is 419 g/mol. The van der Waals surface area contributed by atoms with E-state index in [-0.39, 0.29) is 18.0 Å². The zero-order chi connectivity index (χ0) is 21.4. The highest BCUT2D eigenvalue weighted by Gasteiger charge is 2.41. The number of piperidine rings is 2. The van der Waals surface area contributed by atoms with Gasteiger partial charge in [-0.1, -0.05) is 36.4 Å². The van der Waals surface area contributed by atoms with Gasteiger partial charge in [-0.15, -0.1) is 0 Å². The highest BCUT2D eigenvalue weighted by Crippen LogP contribution is 2.44. The summed E-state index contributed by atoms with van der Waals surface area (Å²) >= 11 is 0. The molecule has 3 aliphatic heterocycles. The van der Waals surface area contributed by atoms with Gasteiger partial charge in [-0.05, 0) is 67.8 Å². The minimum Gasteiger partial charge on any atom is -0.496 e. The number of carbonyl (C=O) groups is 1. The van der Waals surface area contributed by atoms with Crippen molar-refractivity contribution in [1.82, 2.24) is 15.5 Å². The van der Waals surface area contributed by atoms with Gasteiger partial charge in [0.1, 0.15) is 5.75 Å². The number of ether oxygens (including phenoxy) is 1. The Morgan fingerprint density at radius 3 is 2.87 bits per heavy atom. The Bertz CT molecular complexity index is 945. The van der Waals surface area contributed by atoms with E-state index < -0.39 is 0 Å². The lowest BCUT2D eigenvalue weighted by atomic mass is 9.76. The van der Waals surface area contributed by atoms with Crippen LogP contribution in [0.1, 0.15) is 65.3 Å². The van der Waals surface area contributed by atoms with E-state index in [1.807, 2.05) is 31.2 Å². The number of fused-ring (bicyclic) bond motifs is 4. The summed E-state index contributed by atoms with van der Waals surface area (Å²) in [6, 6.07) is 15.0. The van der Waals surface area contributed by atoms with Gasteiger partial charge in [0.2, 0.25) is 0 Å². The number of methoxy groups -OCH3 is 1. The molecule has 31 heavy (non-hydrogen) atoms. The second kappa shape index (κ2) is 8.64. The normalized spacial score (nSPS) is 26.2. The highest BCUT2D eigenvalue weighted by atomic mass is 16.5. The lowest BCUT2D eigenvalue weighted by molar-refractivity contribution is 0.0541. The third kappa shape index (κ3) is 3.85. The molecule has 0 saturated carbocycles. The summed E-state index contributed by atoms with van der Waals surface area (Å²) in [6.07, 6.45) is 4.65. The van der Waals surface area contributed by atoms with Crippen molar-refractivity contribution in [1.29, 1.82) is 0 Å². The van der Waals surface area contributed by atoms with Crippen LogP contribution in [0, 0.1) is 5.92 Å². The lowest BCUT2D eigenvalue weighted by Gasteiger charge is -2.49. The molecule has 2 N–H and O–H groups in total. The van der Waals surface area contributed by atoms with E-state index in [4.69, 9.17) is 4.74 Å². The van der Waals surface area contributed by atoms with Gasteiger partial charge in [-0.3, -0.25) is 9.69 Å². The van der Waals surface area contributed by atoms with Crippen molar-refractivity contribution < 1.29 is 9.53 Å². The number of hydrogen-bond donors (Lipinski definition) is 2. The van der Waals surface area contributed by atoms with Gasteiger partial charge >= 0.3 is 0 Å². The van der Waals surface area contributed by atoms with Crippen LogP contribution in [-0.4, -0.2) is 43.6 Å². The number of rotatable bonds is 4. The van der Waals surface area contributed by atoms with E-state index in [1.165, 1.54) is 24.0 Å². The van der Waals surface area contributed by atoms with Crippen LogP contribution >= 0.6 is 0 Å². The van der Waals surface area contributed by atoms with Gasteiger partial charge in [0.25, 0.3) is 5.91 Å². The van der Waals surface area contributed by atoms with E-state index >= 15 is 0 Å². The van der Waals surface area contributed by atoms with E-state index in [0.29, 0.717) is 11.8 Å². The van der Waals surface area contributed by atoms with Gasteiger partial charge in [0.15, 0.2) is 0 Å². The van der Waals surface area contributed by atoms with Crippen LogP contribution in [0.2, 0.25) is 0 Å². The fourth-order valence-electron chi connectivity index (χ4n) is 5.88. The van der Waals surface area contributed by atoms with Gasteiger partial charge in [0, 0.05) is 25.2 Å². The molecule has 0 spiro atoms. The summed E-state index contributed by atoms with van der Waals surface area (Å²) in [6.45, 7) is 5.36. The van der Waals surface area contributed by atoms with Gasteiger partial charge in [0.05, 0.1) is 18.7 Å². The van der Waals surface area contributed by atoms with Crippen molar-refractivity contribution >= 4 is 5.91 Å². The van der Waals surface area contributed by atoms with Crippen LogP contribution in [-0.2, 0) is 6.42 Å². The average Bonchev–Trinajstić information content (AvgIpc) is 2.82. The number of nitrogens with one attached hydrogen (secondary N) is 2. The number of hydrogen-bond acceptors (Lipinski definition) is 4. The van der Waals surface area contributed by atoms with Crippen LogP contribution in [0.25, 0.3) is 0 Å². The fourth-order valence-corrected chi connectivity index (χ4v) is 5.88. The molecule has 0 bridgehead atoms. The molecule has 2 saturated heterocycles. The molecule has 4 atom stereocenters. The van der Waals surface area contributed by atoms with E-state index in [0.717, 1.165) is 49.5 Å². The molecule has 1 amide bonds. The largest absolute Gasteiger partial charge is 0.496 e. The van der Waals surface area contributed by atoms with Crippen molar-refractivity contribution in [3.8, 4) is 5.75 Å². The number of carbonyl (C=O) groups excluding carboxylic acids is 1. The fraction of sp³-hybridized carbons (Fsp3) is 0.500. The Morgan fingerprint density at radius 1 is 1.23 bits per heavy atom. The Balaban J connectivity index is 1.49. The van der Waals surface area contributed by atoms with E-state index in [1.54, 1.807) is 7.11 Å². The quantitative estimate of drug-likeness (QED) is 0.790. The first-order valence-corrected chi connectivity index (χ1v) is 11.7. The first-order chi connectivity index (χ1) is 15.2. The van der Waals surface area contributed by atoms with Gasteiger partial charge in [-0.25, -0.2) is 0 Å². The molecule has 0 radical (unpaired) electrons. The van der Waals surface area contributed by atoms with Crippen molar-refractivity contribution in [3.05, 3.63) is 64.7 Å². The standard InChI is InChI=1S/C26H33N3O2/c1-17(18-7-4-3-5-8-18)28-26(30)25-23(31-2)11-10-19-12-14-29-16-20-9-6-13-27-21(20)15-22(29)24(19)25/h3-5,7-8,10-11,17,20-22,27H,6,9,12-16H2,1-2H3,(H,28,30)/t17?,20-,21+,22+/m0/s1. The molecule has 5 rings (SSSR count). The molecule has 5 nitrogen and oxygen atoms in total. The molecule has 2 fully saturated rings. The third-order valence-electron chi connectivity index (χ3n) is 7.51. The minimum absolute atomic E-state index is 0.0365. The minimum atomic E-state index is -0.0651. The zero-order valence-corrected chi connectivity index (χ0v) is 18.6. The summed E-state index contributed by atoms with van der Waals surface area (Å²) in [5, 5.41) is 6.99. The average molecular weight is 420 g/mol. The topological polar surface area (TPSA) is 53.6 Å². The maximum Gasteiger partial charge on any atom is 0.255 e. The van der Waals surface area contributed by atoms with Crippen LogP contribution in [0.5, 0.6) is 5.75 Å². The molecular formula is C26H33N3O2. The molecular weight excluding hydrogens is 386 g/mol. The summed E-state index contributed by atoms with van der Waals surface area (Å²) in [7, 11) is 1.67. The van der Waals surface area contributed by atoms with E-state index in [9.17, 15) is 4.79 Å². The van der Waals surface area contributed by atoms with Crippen molar-refractivity contribution in [2.45, 2.75) is 50.7 Å². The summed E-state index contributed by atoms with van der Waals surface area (Å²) in [5.74, 6) is 1.37. The zero-order valence-electron chi connectivity index (χ0n) is 18.6. The maximum atomic E-state index is 13.6. The predicted octanol–water partition coefficient (Wildman–Crippen LogP) is 3.86. The Labute approximate surface area is 185 Å². The van der Waals surface area contributed by atoms with Crippen molar-refractivity contribution in [2.24, 2.45) is 5.92 Å². The molecule has 3 aliphatic rings. The molecule has 5 heteroatoms. The Kier molecular flexibility index (Phi) is 5.72. The summed E-state index contributed by atoms with van der Waals surface area (Å²) in [4.78, 5) is 16.2. The lowest BCUT2D eigenvalue weighted by Crippen LogP contribution is -2.55. The number of benzene rings is 2. The van der Waals surface area contributed by atoms with Gasteiger partial charge < -0.3 is 15.4 Å². The molecule has 0 aliphatic carbocycles. The SMILES string of the molecule is COc1ccc2c(c1C(=O)NC(C)c1ccccc1)[C@H]1C[C@H]3NCCC[C@H]3CN1CC2. The highest BCUT2D eigenvalue weighted by molar-refractivity contribution is 5.99. The smallest absolute Gasteiger partial charge is 0.255 e. The third-order valence-corrected chi connectivity index (χ3v) is 7.51. The molecule has 1 unspecified atom stereocenters. The Hall–Kier alpha value is -2.37. The van der Waals surface area contributed by atoms with Crippen molar-refractivity contribution in [3.63, 3.8) is 0 Å². The molecule has 3 heterocycles. The predicted molar refractivity (Wildman–Crippen MR) is 122 cm³/mol. The van der Waals surface area contributed by atoms with Crippen LogP contribution < -0.4 is 15.4 Å². The number of nitrogens with zero attached hydrogens (tertiary/aromatic N) is 1. The molecule has 2 aromatic rings. The molecule has 2 aromatic carbocycles. The van der Waals surface area contributed by atoms with Crippen molar-refractivity contribution in [2.75, 3.05) is 26.7 Å². The summed E-state index contributed by atoms with van der Waals surface area (Å²) in [5.41, 5.74) is 4.32. The molecule has 0 aromatic heterocycles. The van der Waals surface area contributed by atoms with Crippen LogP contribution in [0.15, 0.2) is 42.5 Å². The van der Waals surface area contributed by atoms with Crippen LogP contribution in [0.3, 0.4) is 0 Å². The summed E-state index contributed by atoms with van der Waals surface area (Å²) < 4.78 is 5.71. The van der Waals surface area contributed by atoms with E-state index in [2.05, 4.69) is 33.7 Å². The number of amides is 1. The van der Waals surface area contributed by atoms with Crippen LogP contribution in [0.4, 0.5) is 0 Å².